The van der Waals surface area contributed by atoms with E-state index in [1.165, 1.54) is 47.7 Å². The van der Waals surface area contributed by atoms with Crippen LogP contribution in [0.3, 0.4) is 0 Å². The summed E-state index contributed by atoms with van der Waals surface area (Å²) < 4.78 is 0. The zero-order valence-corrected chi connectivity index (χ0v) is 27.0. The molecule has 0 amide bonds. The van der Waals surface area contributed by atoms with Crippen molar-refractivity contribution in [2.45, 2.75) is 0 Å². The summed E-state index contributed by atoms with van der Waals surface area (Å²) in [5.41, 5.74) is 5.86. The Morgan fingerprint density at radius 1 is 0.311 bits per heavy atom. The van der Waals surface area contributed by atoms with Gasteiger partial charge in [0, 0.05) is 0 Å². The molecule has 0 aliphatic carbocycles. The Kier molecular flexibility index (Phi) is 6.05. The SMILES string of the molecule is c1ccc([Si]2(c3ccccc3)B3c4ccccc4[Si](c4ccccc4)(c4ccccc4)c4cccc(c43)-c3ccccc32)cc1. The van der Waals surface area contributed by atoms with Crippen molar-refractivity contribution >= 4 is 69.6 Å². The molecule has 0 saturated carbocycles. The van der Waals surface area contributed by atoms with Gasteiger partial charge in [-0.15, -0.1) is 0 Å². The van der Waals surface area contributed by atoms with Crippen LogP contribution >= 0.6 is 0 Å². The predicted octanol–water partition coefficient (Wildman–Crippen LogP) is 3.22. The Bertz CT molecular complexity index is 2080. The lowest BCUT2D eigenvalue weighted by molar-refractivity contribution is 1.63. The van der Waals surface area contributed by atoms with Crippen molar-refractivity contribution in [2.24, 2.45) is 0 Å². The predicted molar refractivity (Wildman–Crippen MR) is 198 cm³/mol. The molecule has 45 heavy (non-hydrogen) atoms. The molecule has 0 spiro atoms. The molecule has 0 saturated heterocycles. The zero-order chi connectivity index (χ0) is 29.8. The van der Waals surface area contributed by atoms with E-state index in [0.29, 0.717) is 0 Å². The van der Waals surface area contributed by atoms with Crippen molar-refractivity contribution in [2.75, 3.05) is 0 Å². The van der Waals surface area contributed by atoms with E-state index in [1.54, 1.807) is 10.6 Å². The summed E-state index contributed by atoms with van der Waals surface area (Å²) in [4.78, 5) is 0. The number of hydrogen-bond donors (Lipinski definition) is 0. The molecule has 9 rings (SSSR count). The van der Waals surface area contributed by atoms with Crippen molar-refractivity contribution in [3.63, 3.8) is 0 Å². The van der Waals surface area contributed by atoms with Crippen LogP contribution in [0.5, 0.6) is 0 Å². The van der Waals surface area contributed by atoms with Gasteiger partial charge in [-0.1, -0.05) is 215 Å². The first-order valence-corrected chi connectivity index (χ1v) is 20.0. The molecule has 7 aromatic carbocycles. The smallest absolute Gasteiger partial charge is 0.0754 e. The Hall–Kier alpha value is -4.96. The first kappa shape index (κ1) is 26.4. The molecule has 2 heterocycles. The molecule has 0 bridgehead atoms. The summed E-state index contributed by atoms with van der Waals surface area (Å²) in [6.07, 6.45) is 0.229. The van der Waals surface area contributed by atoms with Crippen LogP contribution in [0, 0.1) is 0 Å². The zero-order valence-electron chi connectivity index (χ0n) is 25.0. The van der Waals surface area contributed by atoms with Gasteiger partial charge in [-0.25, -0.2) is 0 Å². The van der Waals surface area contributed by atoms with Crippen LogP contribution in [0.15, 0.2) is 188 Å². The molecule has 7 aromatic rings. The van der Waals surface area contributed by atoms with Gasteiger partial charge in [0.1, 0.15) is 7.94 Å². The van der Waals surface area contributed by atoms with E-state index in [0.717, 1.165) is 0 Å². The minimum Gasteiger partial charge on any atom is -0.0754 e. The molecule has 0 aromatic heterocycles. The standard InChI is InChI=1S/C42H31BSi2/c1-5-18-32(19-6-1)44(33-20-7-2-8-21-33)40-30-16-14-28-38(40)43-42-37(27-17-31-41(42)44)36-26-13-15-29-39(36)45(43,34-22-9-3-10-23-34)35-24-11-4-12-25-35/h1-31H. The minimum absolute atomic E-state index is 0.229. The van der Waals surface area contributed by atoms with E-state index in [1.807, 2.05) is 0 Å². The molecule has 0 N–H and O–H groups in total. The molecule has 2 aliphatic rings. The highest BCUT2D eigenvalue weighted by molar-refractivity contribution is 7.58. The molecule has 210 valence electrons. The quantitative estimate of drug-likeness (QED) is 0.272. The minimum atomic E-state index is -2.71. The molecule has 0 atom stereocenters. The molecule has 0 nitrogen and oxygen atoms in total. The third-order valence-corrected chi connectivity index (χ3v) is 20.6. The van der Waals surface area contributed by atoms with Crippen LogP contribution in [0.4, 0.5) is 0 Å². The van der Waals surface area contributed by atoms with Gasteiger partial charge in [-0.2, -0.15) is 0 Å². The maximum atomic E-state index is 2.50. The number of benzene rings is 7. The topological polar surface area (TPSA) is 0 Å². The largest absolute Gasteiger partial charge is 0.218 e. The van der Waals surface area contributed by atoms with Crippen LogP contribution in [0.2, 0.25) is 0 Å². The molecule has 0 fully saturated rings. The summed E-state index contributed by atoms with van der Waals surface area (Å²) in [6, 6.07) is 72.0. The third-order valence-electron chi connectivity index (χ3n) is 10.4. The maximum Gasteiger partial charge on any atom is 0.218 e. The van der Waals surface area contributed by atoms with Crippen molar-refractivity contribution < 1.29 is 0 Å². The second-order valence-electron chi connectivity index (χ2n) is 12.4. The second-order valence-corrected chi connectivity index (χ2v) is 20.0. The van der Waals surface area contributed by atoms with Gasteiger partial charge in [-0.05, 0) is 31.9 Å². The summed E-state index contributed by atoms with van der Waals surface area (Å²) >= 11 is 0. The summed E-state index contributed by atoms with van der Waals surface area (Å²) in [6.45, 7) is 0. The number of fused-ring (bicyclic) bond motifs is 4. The Morgan fingerprint density at radius 2 is 0.733 bits per heavy atom. The van der Waals surface area contributed by atoms with Gasteiger partial charge in [0.05, 0.1) is 0 Å². The summed E-state index contributed by atoms with van der Waals surface area (Å²) in [7, 11) is -5.41. The van der Waals surface area contributed by atoms with Gasteiger partial charge in [-0.3, -0.25) is 0 Å². The molecule has 3 heteroatoms. The highest BCUT2D eigenvalue weighted by Gasteiger charge is 2.60. The van der Waals surface area contributed by atoms with Crippen LogP contribution < -0.4 is 47.2 Å². The van der Waals surface area contributed by atoms with E-state index < -0.39 is 16.0 Å². The van der Waals surface area contributed by atoms with E-state index in [9.17, 15) is 0 Å². The maximum absolute atomic E-state index is 2.71. The Morgan fingerprint density at radius 3 is 1.31 bits per heavy atom. The van der Waals surface area contributed by atoms with Gasteiger partial charge >= 0.3 is 0 Å². The number of hydrogen-bond acceptors (Lipinski definition) is 0. The lowest BCUT2D eigenvalue weighted by atomic mass is 9.58. The fraction of sp³-hybridized carbons (Fsp3) is 0. The van der Waals surface area contributed by atoms with E-state index in [-0.39, 0.29) is 6.31 Å². The van der Waals surface area contributed by atoms with E-state index >= 15 is 0 Å². The van der Waals surface area contributed by atoms with Crippen LogP contribution in [0.25, 0.3) is 11.1 Å². The van der Waals surface area contributed by atoms with Crippen molar-refractivity contribution in [3.8, 4) is 11.1 Å². The van der Waals surface area contributed by atoms with Crippen molar-refractivity contribution in [1.82, 2.24) is 0 Å². The van der Waals surface area contributed by atoms with Gasteiger partial charge in [0.2, 0.25) is 6.31 Å². The van der Waals surface area contributed by atoms with Crippen LogP contribution in [0.1, 0.15) is 0 Å². The lowest BCUT2D eigenvalue weighted by Crippen LogP contribution is -2.94. The highest BCUT2D eigenvalue weighted by atomic mass is 28.3. The van der Waals surface area contributed by atoms with Crippen molar-refractivity contribution in [1.29, 1.82) is 0 Å². The molecular formula is C42H31BSi2. The highest BCUT2D eigenvalue weighted by Crippen LogP contribution is 2.29. The normalized spacial score (nSPS) is 15.0. The van der Waals surface area contributed by atoms with Gasteiger partial charge in [0.25, 0.3) is 0 Å². The van der Waals surface area contributed by atoms with E-state index in [4.69, 9.17) is 0 Å². The average molecular weight is 603 g/mol. The Balaban J connectivity index is 1.53. The molecule has 0 radical (unpaired) electrons. The van der Waals surface area contributed by atoms with Gasteiger partial charge < -0.3 is 0 Å². The fourth-order valence-corrected chi connectivity index (χ4v) is 20.3. The second kappa shape index (κ2) is 10.3. The summed E-state index contributed by atoms with van der Waals surface area (Å²) in [5.74, 6) is 0. The average Bonchev–Trinajstić information content (AvgIpc) is 3.13. The first-order chi connectivity index (χ1) is 22.4. The monoisotopic (exact) mass is 602 g/mol. The van der Waals surface area contributed by atoms with Crippen LogP contribution in [-0.4, -0.2) is 22.3 Å². The molecule has 0 unspecified atom stereocenters. The third kappa shape index (κ3) is 3.54. The van der Waals surface area contributed by atoms with Crippen molar-refractivity contribution in [3.05, 3.63) is 188 Å². The lowest BCUT2D eigenvalue weighted by Gasteiger charge is -2.51. The number of rotatable bonds is 4. The van der Waals surface area contributed by atoms with Gasteiger partial charge in [0.15, 0.2) is 8.07 Å². The Labute approximate surface area is 267 Å². The first-order valence-electron chi connectivity index (χ1n) is 15.9. The fourth-order valence-electron chi connectivity index (χ4n) is 8.87. The van der Waals surface area contributed by atoms with Crippen LogP contribution in [-0.2, 0) is 0 Å². The molecule has 2 aliphatic heterocycles. The molecular weight excluding hydrogens is 571 g/mol. The summed E-state index contributed by atoms with van der Waals surface area (Å²) in [5, 5.41) is 10.4. The van der Waals surface area contributed by atoms with E-state index in [2.05, 4.69) is 188 Å².